The lowest BCUT2D eigenvalue weighted by Gasteiger charge is -2.12. The summed E-state index contributed by atoms with van der Waals surface area (Å²) in [5.41, 5.74) is -0.449. The summed E-state index contributed by atoms with van der Waals surface area (Å²) >= 11 is 0. The molecule has 0 saturated carbocycles. The van der Waals surface area contributed by atoms with Crippen LogP contribution in [0.1, 0.15) is 30.9 Å². The Kier molecular flexibility index (Phi) is 5.17. The normalized spacial score (nSPS) is 11.2. The first-order chi connectivity index (χ1) is 14.4. The minimum Gasteiger partial charge on any atom is -0.206 e. The van der Waals surface area contributed by atoms with Crippen LogP contribution in [-0.2, 0) is 6.42 Å². The lowest BCUT2D eigenvalue weighted by atomic mass is 9.94. The summed E-state index contributed by atoms with van der Waals surface area (Å²) < 4.78 is 58.2. The van der Waals surface area contributed by atoms with E-state index in [0.717, 1.165) is 42.3 Å². The third kappa shape index (κ3) is 3.29. The van der Waals surface area contributed by atoms with E-state index in [1.54, 1.807) is 12.1 Å². The van der Waals surface area contributed by atoms with E-state index >= 15 is 4.39 Å². The quantitative estimate of drug-likeness (QED) is 0.255. The molecule has 0 aliphatic heterocycles. The summed E-state index contributed by atoms with van der Waals surface area (Å²) in [6.45, 7) is 2.11. The molecule has 0 aliphatic carbocycles. The number of rotatable bonds is 4. The number of nitrogens with zero attached hydrogens (tertiary/aromatic N) is 1. The predicted molar refractivity (Wildman–Crippen MR) is 110 cm³/mol. The highest BCUT2D eigenvalue weighted by Gasteiger charge is 2.20. The number of unbranched alkanes of at least 4 members (excludes halogenated alkanes) is 1. The number of nitriles is 1. The molecule has 0 fully saturated rings. The molecule has 1 nitrogen and oxygen atoms in total. The van der Waals surface area contributed by atoms with Crippen molar-refractivity contribution in [1.82, 2.24) is 0 Å². The first-order valence-corrected chi connectivity index (χ1v) is 9.67. The third-order valence-electron chi connectivity index (χ3n) is 5.35. The molecular formula is C25H17F4N. The lowest BCUT2D eigenvalue weighted by Crippen LogP contribution is -1.97. The van der Waals surface area contributed by atoms with Gasteiger partial charge in [0.1, 0.15) is 34.9 Å². The van der Waals surface area contributed by atoms with E-state index in [2.05, 4.69) is 6.92 Å². The van der Waals surface area contributed by atoms with Gasteiger partial charge in [0.25, 0.3) is 0 Å². The highest BCUT2D eigenvalue weighted by molar-refractivity contribution is 6.09. The van der Waals surface area contributed by atoms with Gasteiger partial charge < -0.3 is 0 Å². The fraction of sp³-hybridized carbons (Fsp3) is 0.160. The van der Waals surface area contributed by atoms with E-state index in [1.165, 1.54) is 12.1 Å². The monoisotopic (exact) mass is 407 g/mol. The summed E-state index contributed by atoms with van der Waals surface area (Å²) in [7, 11) is 0. The van der Waals surface area contributed by atoms with Gasteiger partial charge in [-0.2, -0.15) is 5.26 Å². The van der Waals surface area contributed by atoms with E-state index in [9.17, 15) is 13.2 Å². The maximum atomic E-state index is 15.3. The van der Waals surface area contributed by atoms with Crippen LogP contribution in [0.2, 0.25) is 0 Å². The molecule has 0 bridgehead atoms. The van der Waals surface area contributed by atoms with Gasteiger partial charge in [-0.25, -0.2) is 17.6 Å². The van der Waals surface area contributed by atoms with Gasteiger partial charge in [-0.15, -0.1) is 0 Å². The Morgan fingerprint density at radius 3 is 2.17 bits per heavy atom. The van der Waals surface area contributed by atoms with E-state index in [0.29, 0.717) is 10.8 Å². The summed E-state index contributed by atoms with van der Waals surface area (Å²) in [5, 5.41) is 10.9. The summed E-state index contributed by atoms with van der Waals surface area (Å²) in [6.07, 6.45) is 3.07. The Morgan fingerprint density at radius 1 is 0.800 bits per heavy atom. The summed E-state index contributed by atoms with van der Waals surface area (Å²) in [4.78, 5) is 0. The average Bonchev–Trinajstić information content (AvgIpc) is 2.71. The molecule has 0 unspecified atom stereocenters. The molecule has 4 aromatic rings. The standard InChI is InChI=1S/C25H17F4N/c1-2-3-4-14-5-7-17-15(9-14)6-8-18-19(17)12-23(28)24(25(18)29)16-10-21(26)20(13-30)22(27)11-16/h5-12H,2-4H2,1H3. The molecule has 0 spiro atoms. The van der Waals surface area contributed by atoms with Gasteiger partial charge in [0, 0.05) is 5.39 Å². The van der Waals surface area contributed by atoms with Crippen molar-refractivity contribution in [2.75, 3.05) is 0 Å². The molecule has 4 aromatic carbocycles. The SMILES string of the molecule is CCCCc1ccc2c(ccc3c(F)c(-c4cc(F)c(C#N)c(F)c4)c(F)cc32)c1. The largest absolute Gasteiger partial charge is 0.206 e. The summed E-state index contributed by atoms with van der Waals surface area (Å²) in [6, 6.07) is 13.3. The summed E-state index contributed by atoms with van der Waals surface area (Å²) in [5.74, 6) is -4.15. The Labute approximate surface area is 171 Å². The number of hydrogen-bond donors (Lipinski definition) is 0. The lowest BCUT2D eigenvalue weighted by molar-refractivity contribution is 0.575. The van der Waals surface area contributed by atoms with Gasteiger partial charge in [0.2, 0.25) is 0 Å². The van der Waals surface area contributed by atoms with Crippen LogP contribution in [0, 0.1) is 34.6 Å². The molecule has 0 aliphatic rings. The van der Waals surface area contributed by atoms with E-state index in [-0.39, 0.29) is 10.9 Å². The highest BCUT2D eigenvalue weighted by atomic mass is 19.1. The number of aryl methyl sites for hydroxylation is 1. The Bertz CT molecular complexity index is 1310. The van der Waals surface area contributed by atoms with Crippen LogP contribution in [-0.4, -0.2) is 0 Å². The van der Waals surface area contributed by atoms with Gasteiger partial charge in [0.05, 0.1) is 5.56 Å². The Hall–Kier alpha value is -3.39. The second kappa shape index (κ2) is 7.79. The molecule has 0 amide bonds. The first kappa shape index (κ1) is 19.9. The van der Waals surface area contributed by atoms with Crippen LogP contribution in [0.15, 0.2) is 48.5 Å². The van der Waals surface area contributed by atoms with Crippen molar-refractivity contribution in [1.29, 1.82) is 5.26 Å². The van der Waals surface area contributed by atoms with Gasteiger partial charge >= 0.3 is 0 Å². The number of fused-ring (bicyclic) bond motifs is 3. The van der Waals surface area contributed by atoms with Crippen molar-refractivity contribution < 1.29 is 17.6 Å². The number of benzene rings is 4. The van der Waals surface area contributed by atoms with Gasteiger partial charge in [-0.05, 0) is 58.3 Å². The Balaban J connectivity index is 1.92. The van der Waals surface area contributed by atoms with Crippen molar-refractivity contribution in [3.05, 3.63) is 82.9 Å². The van der Waals surface area contributed by atoms with Crippen LogP contribution in [0.3, 0.4) is 0 Å². The Morgan fingerprint density at radius 2 is 1.50 bits per heavy atom. The molecule has 0 aromatic heterocycles. The second-order valence-corrected chi connectivity index (χ2v) is 7.29. The van der Waals surface area contributed by atoms with Crippen molar-refractivity contribution in [2.45, 2.75) is 26.2 Å². The van der Waals surface area contributed by atoms with Crippen LogP contribution in [0.5, 0.6) is 0 Å². The van der Waals surface area contributed by atoms with Crippen LogP contribution in [0.4, 0.5) is 17.6 Å². The second-order valence-electron chi connectivity index (χ2n) is 7.29. The number of halogens is 4. The van der Waals surface area contributed by atoms with E-state index in [4.69, 9.17) is 5.26 Å². The van der Waals surface area contributed by atoms with Crippen molar-refractivity contribution in [3.8, 4) is 17.2 Å². The molecule has 0 radical (unpaired) electrons. The van der Waals surface area contributed by atoms with Crippen LogP contribution < -0.4 is 0 Å². The first-order valence-electron chi connectivity index (χ1n) is 9.67. The molecular weight excluding hydrogens is 390 g/mol. The zero-order valence-electron chi connectivity index (χ0n) is 16.2. The van der Waals surface area contributed by atoms with Gasteiger partial charge in [-0.3, -0.25) is 0 Å². The maximum Gasteiger partial charge on any atom is 0.144 e. The smallest absolute Gasteiger partial charge is 0.144 e. The predicted octanol–water partition coefficient (Wildman–Crippen LogP) is 7.43. The van der Waals surface area contributed by atoms with E-state index < -0.39 is 34.4 Å². The van der Waals surface area contributed by atoms with Crippen molar-refractivity contribution in [2.24, 2.45) is 0 Å². The molecule has 150 valence electrons. The number of hydrogen-bond acceptors (Lipinski definition) is 1. The molecule has 0 atom stereocenters. The maximum absolute atomic E-state index is 15.3. The third-order valence-corrected chi connectivity index (χ3v) is 5.35. The minimum atomic E-state index is -1.16. The zero-order valence-corrected chi connectivity index (χ0v) is 16.2. The van der Waals surface area contributed by atoms with Crippen LogP contribution >= 0.6 is 0 Å². The van der Waals surface area contributed by atoms with E-state index in [1.807, 2.05) is 18.2 Å². The topological polar surface area (TPSA) is 23.8 Å². The average molecular weight is 407 g/mol. The fourth-order valence-electron chi connectivity index (χ4n) is 3.81. The van der Waals surface area contributed by atoms with Crippen LogP contribution in [0.25, 0.3) is 32.7 Å². The van der Waals surface area contributed by atoms with Gasteiger partial charge in [0.15, 0.2) is 0 Å². The van der Waals surface area contributed by atoms with Crippen molar-refractivity contribution >= 4 is 21.5 Å². The molecule has 0 saturated heterocycles. The van der Waals surface area contributed by atoms with Crippen molar-refractivity contribution in [3.63, 3.8) is 0 Å². The molecule has 30 heavy (non-hydrogen) atoms. The highest BCUT2D eigenvalue weighted by Crippen LogP contribution is 2.36. The minimum absolute atomic E-state index is 0.158. The molecule has 5 heteroatoms. The molecule has 4 rings (SSSR count). The molecule has 0 N–H and O–H groups in total. The zero-order chi connectivity index (χ0) is 21.4. The van der Waals surface area contributed by atoms with Gasteiger partial charge in [-0.1, -0.05) is 43.7 Å². The molecule has 0 heterocycles. The fourth-order valence-corrected chi connectivity index (χ4v) is 3.81.